The fourth-order valence-electron chi connectivity index (χ4n) is 2.08. The molecular weight excluding hydrogens is 254 g/mol. The number of H-pyrrole nitrogens is 1. The van der Waals surface area contributed by atoms with Gasteiger partial charge in [0, 0.05) is 17.3 Å². The number of rotatable bonds is 5. The van der Waals surface area contributed by atoms with E-state index in [1.165, 1.54) is 10.4 Å². The highest BCUT2D eigenvalue weighted by Gasteiger charge is 2.14. The summed E-state index contributed by atoms with van der Waals surface area (Å²) in [7, 11) is 0. The molecule has 19 heavy (non-hydrogen) atoms. The van der Waals surface area contributed by atoms with E-state index in [2.05, 4.69) is 57.1 Å². The molecule has 0 bridgehead atoms. The van der Waals surface area contributed by atoms with Crippen molar-refractivity contribution < 1.29 is 0 Å². The summed E-state index contributed by atoms with van der Waals surface area (Å²) >= 11 is 1.77. The summed E-state index contributed by atoms with van der Waals surface area (Å²) in [5, 5.41) is 5.67. The lowest BCUT2D eigenvalue weighted by Gasteiger charge is -2.17. The summed E-state index contributed by atoms with van der Waals surface area (Å²) in [6.07, 6.45) is 3.62. The molecule has 1 unspecified atom stereocenters. The highest BCUT2D eigenvalue weighted by atomic mass is 32.1. The minimum atomic E-state index is 0.214. The van der Waals surface area contributed by atoms with E-state index < -0.39 is 0 Å². The maximum atomic E-state index is 4.25. The first-order chi connectivity index (χ1) is 9.43. The quantitative estimate of drug-likeness (QED) is 0.745. The van der Waals surface area contributed by atoms with Crippen LogP contribution in [-0.4, -0.2) is 9.97 Å². The molecule has 0 spiro atoms. The summed E-state index contributed by atoms with van der Waals surface area (Å²) < 4.78 is 0. The average Bonchev–Trinajstić information content (AvgIpc) is 3.13. The zero-order valence-corrected chi connectivity index (χ0v) is 11.2. The number of hydrogen-bond acceptors (Lipinski definition) is 3. The van der Waals surface area contributed by atoms with Gasteiger partial charge in [-0.1, -0.05) is 36.4 Å². The smallest absolute Gasteiger partial charge is 0.120 e. The lowest BCUT2D eigenvalue weighted by Crippen LogP contribution is -2.21. The summed E-state index contributed by atoms with van der Waals surface area (Å²) in [4.78, 5) is 8.68. The van der Waals surface area contributed by atoms with Gasteiger partial charge < -0.3 is 4.98 Å². The van der Waals surface area contributed by atoms with Crippen molar-refractivity contribution in [3.63, 3.8) is 0 Å². The van der Waals surface area contributed by atoms with Crippen LogP contribution >= 0.6 is 11.3 Å². The Labute approximate surface area is 116 Å². The van der Waals surface area contributed by atoms with Gasteiger partial charge in [-0.2, -0.15) is 0 Å². The van der Waals surface area contributed by atoms with Gasteiger partial charge in [-0.05, 0) is 17.0 Å². The highest BCUT2D eigenvalue weighted by molar-refractivity contribution is 7.10. The molecule has 0 aliphatic rings. The molecule has 0 fully saturated rings. The molecule has 1 atom stereocenters. The number of benzene rings is 1. The number of nitrogens with zero attached hydrogens (tertiary/aromatic N) is 1. The first kappa shape index (κ1) is 12.1. The maximum absolute atomic E-state index is 4.25. The zero-order valence-electron chi connectivity index (χ0n) is 10.4. The van der Waals surface area contributed by atoms with Gasteiger partial charge in [0.2, 0.25) is 0 Å². The molecule has 3 nitrogen and oxygen atoms in total. The Balaban J connectivity index is 1.81. The third-order valence-electron chi connectivity index (χ3n) is 2.99. The Hall–Kier alpha value is -1.91. The highest BCUT2D eigenvalue weighted by Crippen LogP contribution is 2.26. The minimum absolute atomic E-state index is 0.214. The number of imidazole rings is 1. The monoisotopic (exact) mass is 269 g/mol. The fraction of sp³-hybridized carbons (Fsp3) is 0.133. The lowest BCUT2D eigenvalue weighted by atomic mass is 10.1. The molecule has 0 saturated heterocycles. The molecule has 0 amide bonds. The van der Waals surface area contributed by atoms with Crippen LogP contribution in [0.5, 0.6) is 0 Å². The second-order valence-corrected chi connectivity index (χ2v) is 5.26. The van der Waals surface area contributed by atoms with Crippen LogP contribution in [0, 0.1) is 0 Å². The molecule has 0 saturated carbocycles. The molecule has 3 aromatic rings. The van der Waals surface area contributed by atoms with Crippen LogP contribution in [0.4, 0.5) is 0 Å². The Bertz CT molecular complexity index is 588. The van der Waals surface area contributed by atoms with E-state index in [4.69, 9.17) is 0 Å². The Kier molecular flexibility index (Phi) is 3.72. The summed E-state index contributed by atoms with van der Waals surface area (Å²) in [5.74, 6) is 0.956. The molecular formula is C15H15N3S. The summed E-state index contributed by atoms with van der Waals surface area (Å²) in [6.45, 7) is 0.727. The Morgan fingerprint density at radius 1 is 1.16 bits per heavy atom. The van der Waals surface area contributed by atoms with Crippen LogP contribution in [0.15, 0.2) is 60.2 Å². The van der Waals surface area contributed by atoms with Gasteiger partial charge in [-0.15, -0.1) is 11.3 Å². The number of thiophene rings is 1. The molecule has 3 rings (SSSR count). The van der Waals surface area contributed by atoms with Crippen LogP contribution in [0.1, 0.15) is 22.3 Å². The zero-order chi connectivity index (χ0) is 12.9. The molecule has 0 aliphatic heterocycles. The number of aromatic amines is 1. The van der Waals surface area contributed by atoms with Gasteiger partial charge in [0.1, 0.15) is 5.82 Å². The van der Waals surface area contributed by atoms with Gasteiger partial charge in [-0.3, -0.25) is 5.32 Å². The second kappa shape index (κ2) is 5.82. The van der Waals surface area contributed by atoms with Gasteiger partial charge in [0.15, 0.2) is 0 Å². The third kappa shape index (κ3) is 2.92. The van der Waals surface area contributed by atoms with Crippen LogP contribution < -0.4 is 5.32 Å². The number of hydrogen-bond donors (Lipinski definition) is 2. The van der Waals surface area contributed by atoms with E-state index in [0.717, 1.165) is 12.4 Å². The number of aromatic nitrogens is 2. The normalized spacial score (nSPS) is 12.4. The standard InChI is InChI=1S/C15H15N3S/c1-2-5-12(6-3-1)15(13-7-4-10-19-13)18-11-14-16-8-9-17-14/h1-10,15,18H,11H2,(H,16,17). The second-order valence-electron chi connectivity index (χ2n) is 4.28. The van der Waals surface area contributed by atoms with Crippen molar-refractivity contribution in [3.05, 3.63) is 76.5 Å². The Morgan fingerprint density at radius 3 is 2.74 bits per heavy atom. The molecule has 0 radical (unpaired) electrons. The molecule has 96 valence electrons. The first-order valence-electron chi connectivity index (χ1n) is 6.23. The lowest BCUT2D eigenvalue weighted by molar-refractivity contribution is 0.597. The predicted molar refractivity (Wildman–Crippen MR) is 78.0 cm³/mol. The van der Waals surface area contributed by atoms with Crippen LogP contribution in [0.2, 0.25) is 0 Å². The van der Waals surface area contributed by atoms with Crippen molar-refractivity contribution in [1.29, 1.82) is 0 Å². The first-order valence-corrected chi connectivity index (χ1v) is 7.11. The van der Waals surface area contributed by atoms with Gasteiger partial charge in [0.05, 0.1) is 12.6 Å². The van der Waals surface area contributed by atoms with Crippen LogP contribution in [0.25, 0.3) is 0 Å². The summed E-state index contributed by atoms with van der Waals surface area (Å²) in [5.41, 5.74) is 1.27. The fourth-order valence-corrected chi connectivity index (χ4v) is 2.90. The molecule has 2 heterocycles. The van der Waals surface area contributed by atoms with Crippen molar-refractivity contribution in [2.75, 3.05) is 0 Å². The summed E-state index contributed by atoms with van der Waals surface area (Å²) in [6, 6.07) is 15.0. The van der Waals surface area contributed by atoms with E-state index in [0.29, 0.717) is 0 Å². The van der Waals surface area contributed by atoms with E-state index in [-0.39, 0.29) is 6.04 Å². The van der Waals surface area contributed by atoms with Crippen LogP contribution in [-0.2, 0) is 6.54 Å². The Morgan fingerprint density at radius 2 is 2.05 bits per heavy atom. The SMILES string of the molecule is c1ccc(C(NCc2ncc[nH]2)c2cccs2)cc1. The third-order valence-corrected chi connectivity index (χ3v) is 3.93. The molecule has 2 aromatic heterocycles. The molecule has 0 aliphatic carbocycles. The van der Waals surface area contributed by atoms with Gasteiger partial charge in [-0.25, -0.2) is 4.98 Å². The van der Waals surface area contributed by atoms with Crippen molar-refractivity contribution >= 4 is 11.3 Å². The van der Waals surface area contributed by atoms with Crippen molar-refractivity contribution in [2.24, 2.45) is 0 Å². The van der Waals surface area contributed by atoms with Gasteiger partial charge >= 0.3 is 0 Å². The molecule has 2 N–H and O–H groups in total. The van der Waals surface area contributed by atoms with Gasteiger partial charge in [0.25, 0.3) is 0 Å². The van der Waals surface area contributed by atoms with Crippen LogP contribution in [0.3, 0.4) is 0 Å². The maximum Gasteiger partial charge on any atom is 0.120 e. The molecule has 1 aromatic carbocycles. The molecule has 4 heteroatoms. The van der Waals surface area contributed by atoms with Crippen molar-refractivity contribution in [3.8, 4) is 0 Å². The topological polar surface area (TPSA) is 40.7 Å². The van der Waals surface area contributed by atoms with E-state index >= 15 is 0 Å². The van der Waals surface area contributed by atoms with Crippen molar-refractivity contribution in [1.82, 2.24) is 15.3 Å². The predicted octanol–water partition coefficient (Wildman–Crippen LogP) is 3.35. The van der Waals surface area contributed by atoms with Crippen molar-refractivity contribution in [2.45, 2.75) is 12.6 Å². The van der Waals surface area contributed by atoms with E-state index in [9.17, 15) is 0 Å². The number of nitrogens with one attached hydrogen (secondary N) is 2. The average molecular weight is 269 g/mol. The largest absolute Gasteiger partial charge is 0.348 e. The van der Waals surface area contributed by atoms with E-state index in [1.54, 1.807) is 17.5 Å². The minimum Gasteiger partial charge on any atom is -0.348 e. The van der Waals surface area contributed by atoms with E-state index in [1.807, 2.05) is 12.3 Å².